The Bertz CT molecular complexity index is 1200. The van der Waals surface area contributed by atoms with Gasteiger partial charge in [-0.1, -0.05) is 78.4 Å². The van der Waals surface area contributed by atoms with Crippen molar-refractivity contribution in [1.29, 1.82) is 0 Å². The molecule has 5 rings (SSSR count). The van der Waals surface area contributed by atoms with Crippen molar-refractivity contribution in [3.63, 3.8) is 0 Å². The molecule has 36 heavy (non-hydrogen) atoms. The van der Waals surface area contributed by atoms with E-state index in [1.165, 1.54) is 5.56 Å². The third-order valence-electron chi connectivity index (χ3n) is 7.44. The molecule has 1 heterocycles. The minimum absolute atomic E-state index is 0.0379. The van der Waals surface area contributed by atoms with Crippen molar-refractivity contribution in [3.05, 3.63) is 101 Å². The Hall–Kier alpha value is -3.64. The Morgan fingerprint density at radius 2 is 1.61 bits per heavy atom. The smallest absolute Gasteiger partial charge is 0.239 e. The molecule has 0 aromatic heterocycles. The van der Waals surface area contributed by atoms with Gasteiger partial charge >= 0.3 is 0 Å². The molecule has 6 nitrogen and oxygen atoms in total. The van der Waals surface area contributed by atoms with Crippen LogP contribution in [0.3, 0.4) is 0 Å². The molecule has 3 atom stereocenters. The van der Waals surface area contributed by atoms with Gasteiger partial charge in [-0.15, -0.1) is 0 Å². The van der Waals surface area contributed by atoms with Gasteiger partial charge in [-0.3, -0.25) is 14.5 Å². The number of rotatable bonds is 9. The topological polar surface area (TPSA) is 81.7 Å². The zero-order chi connectivity index (χ0) is 25.1. The number of aryl methyl sites for hydroxylation is 1. The Labute approximate surface area is 212 Å². The summed E-state index contributed by atoms with van der Waals surface area (Å²) in [6.07, 6.45) is 0.150. The number of hydrogen-bond acceptors (Lipinski definition) is 4. The van der Waals surface area contributed by atoms with Gasteiger partial charge in [-0.2, -0.15) is 0 Å². The molecular weight excluding hydrogens is 450 g/mol. The zero-order valence-electron chi connectivity index (χ0n) is 20.6. The van der Waals surface area contributed by atoms with E-state index in [1.54, 1.807) is 6.07 Å². The molecule has 2 aliphatic rings. The number of nitrogens with one attached hydrogen (secondary N) is 2. The zero-order valence-corrected chi connectivity index (χ0v) is 20.6. The summed E-state index contributed by atoms with van der Waals surface area (Å²) < 4.78 is 0. The fourth-order valence-electron chi connectivity index (χ4n) is 5.52. The van der Waals surface area contributed by atoms with Crippen molar-refractivity contribution in [2.24, 2.45) is 11.8 Å². The van der Waals surface area contributed by atoms with Crippen LogP contribution in [0.5, 0.6) is 5.75 Å². The van der Waals surface area contributed by atoms with E-state index in [4.69, 9.17) is 0 Å². The van der Waals surface area contributed by atoms with Gasteiger partial charge in [0, 0.05) is 43.6 Å². The molecule has 3 aromatic rings. The van der Waals surface area contributed by atoms with Crippen LogP contribution in [0, 0.1) is 18.8 Å². The van der Waals surface area contributed by atoms with Gasteiger partial charge in [-0.25, -0.2) is 0 Å². The number of nitrogens with zero attached hydrogens (tertiary/aromatic N) is 1. The maximum absolute atomic E-state index is 12.8. The van der Waals surface area contributed by atoms with Crippen LogP contribution in [-0.4, -0.2) is 47.5 Å². The molecular formula is C30H33N3O3. The van der Waals surface area contributed by atoms with Crippen molar-refractivity contribution >= 4 is 11.8 Å². The first-order chi connectivity index (χ1) is 17.5. The van der Waals surface area contributed by atoms with Crippen LogP contribution in [0.15, 0.2) is 78.9 Å². The molecule has 0 bridgehead atoms. The Kier molecular flexibility index (Phi) is 7.05. The highest BCUT2D eigenvalue weighted by molar-refractivity contribution is 5.85. The molecule has 0 spiro atoms. The lowest BCUT2D eigenvalue weighted by Gasteiger charge is -2.20. The molecule has 1 aliphatic heterocycles. The normalized spacial score (nSPS) is 21.4. The van der Waals surface area contributed by atoms with E-state index in [1.807, 2.05) is 55.5 Å². The summed E-state index contributed by atoms with van der Waals surface area (Å²) in [6, 6.07) is 25.8. The number of amides is 2. The van der Waals surface area contributed by atoms with Gasteiger partial charge in [0.05, 0.1) is 6.54 Å². The van der Waals surface area contributed by atoms with E-state index < -0.39 is 0 Å². The number of fused-ring (bicyclic) bond motifs is 1. The van der Waals surface area contributed by atoms with E-state index in [0.29, 0.717) is 17.4 Å². The number of hydrogen-bond donors (Lipinski definition) is 3. The predicted octanol–water partition coefficient (Wildman–Crippen LogP) is 3.59. The molecule has 1 aliphatic carbocycles. The van der Waals surface area contributed by atoms with E-state index >= 15 is 0 Å². The maximum Gasteiger partial charge on any atom is 0.239 e. The summed E-state index contributed by atoms with van der Waals surface area (Å²) in [5, 5.41) is 16.4. The average molecular weight is 484 g/mol. The SMILES string of the molecule is Cc1ccc(O)c(C(CC(=O)NCC(=O)NC2C3CN(Cc4ccccc4)CC32)c2ccccc2)c1. The second-order valence-corrected chi connectivity index (χ2v) is 10.1. The summed E-state index contributed by atoms with van der Waals surface area (Å²) in [5.41, 5.74) is 3.99. The van der Waals surface area contributed by atoms with Gasteiger partial charge in [0.1, 0.15) is 5.75 Å². The number of phenolic OH excluding ortho intramolecular Hbond substituents is 1. The van der Waals surface area contributed by atoms with E-state index in [0.717, 1.165) is 30.8 Å². The summed E-state index contributed by atoms with van der Waals surface area (Å²) >= 11 is 0. The number of phenols is 1. The first kappa shape index (κ1) is 24.1. The lowest BCUT2D eigenvalue weighted by molar-refractivity contribution is -0.126. The first-order valence-electron chi connectivity index (χ1n) is 12.6. The summed E-state index contributed by atoms with van der Waals surface area (Å²) in [5.74, 6) is 0.506. The molecule has 186 valence electrons. The first-order valence-corrected chi connectivity index (χ1v) is 12.6. The molecule has 2 fully saturated rings. The molecule has 2 amide bonds. The highest BCUT2D eigenvalue weighted by atomic mass is 16.3. The minimum Gasteiger partial charge on any atom is -0.508 e. The number of carbonyl (C=O) groups is 2. The van der Waals surface area contributed by atoms with Gasteiger partial charge in [0.25, 0.3) is 0 Å². The Morgan fingerprint density at radius 1 is 0.944 bits per heavy atom. The second-order valence-electron chi connectivity index (χ2n) is 10.1. The van der Waals surface area contributed by atoms with Crippen LogP contribution >= 0.6 is 0 Å². The highest BCUT2D eigenvalue weighted by Crippen LogP contribution is 2.45. The van der Waals surface area contributed by atoms with Gasteiger partial charge in [0.2, 0.25) is 11.8 Å². The molecule has 0 radical (unpaired) electrons. The number of carbonyl (C=O) groups excluding carboxylic acids is 2. The summed E-state index contributed by atoms with van der Waals surface area (Å²) in [6.45, 7) is 4.86. The molecule has 6 heteroatoms. The van der Waals surface area contributed by atoms with Crippen LogP contribution in [0.2, 0.25) is 0 Å². The quantitative estimate of drug-likeness (QED) is 0.435. The fraction of sp³-hybridized carbons (Fsp3) is 0.333. The number of aromatic hydroxyl groups is 1. The standard InChI is InChI=1S/C30H33N3O3/c1-20-12-13-27(34)24(14-20)23(22-10-6-3-7-11-22)15-28(35)31-16-29(36)32-30-25-18-33(19-26(25)30)17-21-8-4-2-5-9-21/h2-14,23,25-26,30,34H,15-19H2,1H3,(H,31,35)(H,32,36). The van der Waals surface area contributed by atoms with Crippen molar-refractivity contribution in [3.8, 4) is 5.75 Å². The van der Waals surface area contributed by atoms with Crippen LogP contribution in [0.4, 0.5) is 0 Å². The molecule has 3 unspecified atom stereocenters. The molecule has 1 saturated heterocycles. The third kappa shape index (κ3) is 5.60. The fourth-order valence-corrected chi connectivity index (χ4v) is 5.52. The van der Waals surface area contributed by atoms with Crippen LogP contribution < -0.4 is 10.6 Å². The van der Waals surface area contributed by atoms with Gasteiger partial charge in [-0.05, 0) is 36.0 Å². The number of piperidine rings is 1. The van der Waals surface area contributed by atoms with E-state index in [2.05, 4.69) is 39.8 Å². The van der Waals surface area contributed by atoms with Crippen LogP contribution in [0.1, 0.15) is 34.6 Å². The van der Waals surface area contributed by atoms with E-state index in [9.17, 15) is 14.7 Å². The van der Waals surface area contributed by atoms with Gasteiger partial charge < -0.3 is 15.7 Å². The monoisotopic (exact) mass is 483 g/mol. The summed E-state index contributed by atoms with van der Waals surface area (Å²) in [4.78, 5) is 27.8. The average Bonchev–Trinajstić information content (AvgIpc) is 3.31. The van der Waals surface area contributed by atoms with Crippen molar-refractivity contribution in [2.45, 2.75) is 31.8 Å². The summed E-state index contributed by atoms with van der Waals surface area (Å²) in [7, 11) is 0. The van der Waals surface area contributed by atoms with Crippen molar-refractivity contribution in [2.75, 3.05) is 19.6 Å². The largest absolute Gasteiger partial charge is 0.508 e. The predicted molar refractivity (Wildman–Crippen MR) is 139 cm³/mol. The van der Waals surface area contributed by atoms with Crippen LogP contribution in [-0.2, 0) is 16.1 Å². The van der Waals surface area contributed by atoms with E-state index in [-0.39, 0.29) is 42.5 Å². The Balaban J connectivity index is 1.11. The molecule has 1 saturated carbocycles. The minimum atomic E-state index is -0.299. The second kappa shape index (κ2) is 10.5. The van der Waals surface area contributed by atoms with Crippen molar-refractivity contribution in [1.82, 2.24) is 15.5 Å². The number of likely N-dealkylation sites (tertiary alicyclic amines) is 1. The van der Waals surface area contributed by atoms with Crippen LogP contribution in [0.25, 0.3) is 0 Å². The maximum atomic E-state index is 12.8. The lowest BCUT2D eigenvalue weighted by atomic mass is 9.87. The van der Waals surface area contributed by atoms with Crippen molar-refractivity contribution < 1.29 is 14.7 Å². The van der Waals surface area contributed by atoms with Gasteiger partial charge in [0.15, 0.2) is 0 Å². The Morgan fingerprint density at radius 3 is 2.31 bits per heavy atom. The molecule has 3 aromatic carbocycles. The highest BCUT2D eigenvalue weighted by Gasteiger charge is 2.56. The molecule has 3 N–H and O–H groups in total. The third-order valence-corrected chi connectivity index (χ3v) is 7.44. The number of benzene rings is 3. The lowest BCUT2D eigenvalue weighted by Crippen LogP contribution is -2.41.